The number of aromatic nitrogens is 1. The molecule has 0 amide bonds. The molecule has 0 aliphatic heterocycles. The van der Waals surface area contributed by atoms with E-state index in [0.717, 1.165) is 37.0 Å². The molecule has 0 atom stereocenters. The van der Waals surface area contributed by atoms with Crippen LogP contribution in [0.15, 0.2) is 22.0 Å². The molecule has 0 aromatic carbocycles. The van der Waals surface area contributed by atoms with Gasteiger partial charge in [-0.25, -0.2) is 0 Å². The minimum atomic E-state index is 0.565. The van der Waals surface area contributed by atoms with Crippen molar-refractivity contribution in [3.8, 4) is 0 Å². The number of aryl methyl sites for hydroxylation is 2. The van der Waals surface area contributed by atoms with E-state index < -0.39 is 0 Å². The van der Waals surface area contributed by atoms with Crippen LogP contribution in [0.2, 0.25) is 0 Å². The van der Waals surface area contributed by atoms with Gasteiger partial charge in [-0.2, -0.15) is 0 Å². The molecule has 2 aromatic heterocycles. The van der Waals surface area contributed by atoms with Crippen molar-refractivity contribution in [3.63, 3.8) is 0 Å². The number of hydrogen-bond donors (Lipinski definition) is 1. The highest BCUT2D eigenvalue weighted by atomic mass is 32.1. The Kier molecular flexibility index (Phi) is 4.42. The number of nitrogens with two attached hydrogens (primary N) is 1. The van der Waals surface area contributed by atoms with Crippen molar-refractivity contribution >= 4 is 17.2 Å². The molecule has 2 heterocycles. The number of rotatable bonds is 6. The minimum absolute atomic E-state index is 0.565. The molecule has 0 bridgehead atoms. The van der Waals surface area contributed by atoms with E-state index in [9.17, 15) is 0 Å². The zero-order valence-corrected chi connectivity index (χ0v) is 11.8. The van der Waals surface area contributed by atoms with Crippen molar-refractivity contribution in [2.24, 2.45) is 5.92 Å². The monoisotopic (exact) mass is 264 g/mol. The van der Waals surface area contributed by atoms with Gasteiger partial charge in [0.2, 0.25) is 0 Å². The molecule has 2 N–H and O–H groups in total. The lowest BCUT2D eigenvalue weighted by atomic mass is 10.0. The van der Waals surface area contributed by atoms with E-state index in [2.05, 4.69) is 36.5 Å². The summed E-state index contributed by atoms with van der Waals surface area (Å²) in [5.74, 6) is 2.11. The minimum Gasteiger partial charge on any atom is -0.381 e. The second-order valence-electron chi connectivity index (χ2n) is 5.00. The Morgan fingerprint density at radius 2 is 2.22 bits per heavy atom. The van der Waals surface area contributed by atoms with E-state index >= 15 is 0 Å². The number of nitrogens with zero attached hydrogens (tertiary/aromatic N) is 1. The highest BCUT2D eigenvalue weighted by Gasteiger charge is 2.14. The molecule has 0 fully saturated rings. The van der Waals surface area contributed by atoms with Crippen LogP contribution in [0.1, 0.15) is 36.5 Å². The van der Waals surface area contributed by atoms with E-state index in [1.54, 1.807) is 0 Å². The van der Waals surface area contributed by atoms with Gasteiger partial charge in [-0.1, -0.05) is 25.1 Å². The van der Waals surface area contributed by atoms with Gasteiger partial charge in [0, 0.05) is 16.9 Å². The summed E-state index contributed by atoms with van der Waals surface area (Å²) in [6.45, 7) is 4.36. The van der Waals surface area contributed by atoms with Gasteiger partial charge in [-0.05, 0) is 36.6 Å². The van der Waals surface area contributed by atoms with Gasteiger partial charge in [0.15, 0.2) is 5.82 Å². The first-order chi connectivity index (χ1) is 8.66. The van der Waals surface area contributed by atoms with E-state index in [1.165, 1.54) is 4.88 Å². The molecule has 2 aromatic rings. The SMILES string of the molecule is CC(C)Cc1c(N)noc1CCCc1cccs1. The quantitative estimate of drug-likeness (QED) is 0.865. The molecule has 0 spiro atoms. The number of anilines is 1. The Labute approximate surface area is 112 Å². The maximum absolute atomic E-state index is 5.85. The molecule has 2 rings (SSSR count). The molecule has 0 aliphatic rings. The molecule has 0 saturated carbocycles. The summed E-state index contributed by atoms with van der Waals surface area (Å²) >= 11 is 1.81. The maximum atomic E-state index is 5.85. The first-order valence-corrected chi connectivity index (χ1v) is 7.30. The van der Waals surface area contributed by atoms with Crippen molar-refractivity contribution in [2.45, 2.75) is 39.5 Å². The van der Waals surface area contributed by atoms with Gasteiger partial charge in [0.1, 0.15) is 5.76 Å². The molecule has 0 aliphatic carbocycles. The summed E-state index contributed by atoms with van der Waals surface area (Å²) in [4.78, 5) is 1.42. The predicted molar refractivity (Wildman–Crippen MR) is 75.8 cm³/mol. The topological polar surface area (TPSA) is 52.0 Å². The van der Waals surface area contributed by atoms with E-state index in [-0.39, 0.29) is 0 Å². The number of hydrogen-bond acceptors (Lipinski definition) is 4. The summed E-state index contributed by atoms with van der Waals surface area (Å²) in [6.07, 6.45) is 4.05. The van der Waals surface area contributed by atoms with Crippen LogP contribution in [-0.2, 0) is 19.3 Å². The second-order valence-corrected chi connectivity index (χ2v) is 6.03. The Hall–Kier alpha value is -1.29. The lowest BCUT2D eigenvalue weighted by Crippen LogP contribution is -2.01. The predicted octanol–water partition coefficient (Wildman–Crippen LogP) is 3.69. The third kappa shape index (κ3) is 3.35. The lowest BCUT2D eigenvalue weighted by Gasteiger charge is -2.04. The largest absolute Gasteiger partial charge is 0.381 e. The van der Waals surface area contributed by atoms with Crippen molar-refractivity contribution in [3.05, 3.63) is 33.7 Å². The summed E-state index contributed by atoms with van der Waals surface area (Å²) in [6, 6.07) is 4.27. The van der Waals surface area contributed by atoms with Gasteiger partial charge < -0.3 is 10.3 Å². The van der Waals surface area contributed by atoms with Crippen LogP contribution in [0, 0.1) is 5.92 Å². The van der Waals surface area contributed by atoms with Crippen molar-refractivity contribution in [1.29, 1.82) is 0 Å². The summed E-state index contributed by atoms with van der Waals surface area (Å²) in [7, 11) is 0. The molecule has 0 saturated heterocycles. The third-order valence-corrected chi connectivity index (χ3v) is 3.86. The average molecular weight is 264 g/mol. The average Bonchev–Trinajstić information content (AvgIpc) is 2.93. The van der Waals surface area contributed by atoms with Crippen LogP contribution in [-0.4, -0.2) is 5.16 Å². The third-order valence-electron chi connectivity index (χ3n) is 2.92. The number of thiophene rings is 1. The van der Waals surface area contributed by atoms with Crippen LogP contribution in [0.4, 0.5) is 5.82 Å². The fourth-order valence-corrected chi connectivity index (χ4v) is 2.81. The maximum Gasteiger partial charge on any atom is 0.170 e. The molecular weight excluding hydrogens is 244 g/mol. The highest BCUT2D eigenvalue weighted by Crippen LogP contribution is 2.22. The normalized spacial score (nSPS) is 11.3. The molecule has 18 heavy (non-hydrogen) atoms. The summed E-state index contributed by atoms with van der Waals surface area (Å²) in [5.41, 5.74) is 6.96. The van der Waals surface area contributed by atoms with Crippen LogP contribution in [0.3, 0.4) is 0 Å². The molecule has 4 heteroatoms. The van der Waals surface area contributed by atoms with Gasteiger partial charge in [0.05, 0.1) is 0 Å². The summed E-state index contributed by atoms with van der Waals surface area (Å²) < 4.78 is 5.34. The fourth-order valence-electron chi connectivity index (χ4n) is 2.06. The molecule has 0 unspecified atom stereocenters. The second kappa shape index (κ2) is 6.05. The molecular formula is C14H20N2OS. The Bertz CT molecular complexity index is 474. The van der Waals surface area contributed by atoms with Crippen LogP contribution in [0.5, 0.6) is 0 Å². The van der Waals surface area contributed by atoms with Crippen molar-refractivity contribution < 1.29 is 4.52 Å². The Balaban J connectivity index is 1.92. The Morgan fingerprint density at radius 3 is 2.89 bits per heavy atom. The molecule has 0 radical (unpaired) electrons. The first-order valence-electron chi connectivity index (χ1n) is 6.42. The van der Waals surface area contributed by atoms with E-state index in [0.29, 0.717) is 11.7 Å². The van der Waals surface area contributed by atoms with Gasteiger partial charge in [0.25, 0.3) is 0 Å². The van der Waals surface area contributed by atoms with Crippen LogP contribution in [0.25, 0.3) is 0 Å². The molecule has 98 valence electrons. The van der Waals surface area contributed by atoms with Crippen LogP contribution < -0.4 is 5.73 Å². The van der Waals surface area contributed by atoms with E-state index in [1.807, 2.05) is 11.3 Å². The lowest BCUT2D eigenvalue weighted by molar-refractivity contribution is 0.380. The highest BCUT2D eigenvalue weighted by molar-refractivity contribution is 7.09. The van der Waals surface area contributed by atoms with Crippen LogP contribution >= 0.6 is 11.3 Å². The zero-order chi connectivity index (χ0) is 13.0. The fraction of sp³-hybridized carbons (Fsp3) is 0.500. The summed E-state index contributed by atoms with van der Waals surface area (Å²) in [5, 5.41) is 6.01. The van der Waals surface area contributed by atoms with Gasteiger partial charge in [-0.3, -0.25) is 0 Å². The first kappa shape index (κ1) is 13.1. The van der Waals surface area contributed by atoms with Crippen molar-refractivity contribution in [2.75, 3.05) is 5.73 Å². The zero-order valence-electron chi connectivity index (χ0n) is 11.0. The Morgan fingerprint density at radius 1 is 1.39 bits per heavy atom. The van der Waals surface area contributed by atoms with E-state index in [4.69, 9.17) is 10.3 Å². The van der Waals surface area contributed by atoms with Crippen molar-refractivity contribution in [1.82, 2.24) is 5.16 Å². The number of nitrogen functional groups attached to an aromatic ring is 1. The molecule has 3 nitrogen and oxygen atoms in total. The standard InChI is InChI=1S/C14H20N2OS/c1-10(2)9-12-13(17-16-14(12)15)7-3-5-11-6-4-8-18-11/h4,6,8,10H,3,5,7,9H2,1-2H3,(H2,15,16). The smallest absolute Gasteiger partial charge is 0.170 e. The van der Waals surface area contributed by atoms with Gasteiger partial charge in [-0.15, -0.1) is 11.3 Å². The van der Waals surface area contributed by atoms with Gasteiger partial charge >= 0.3 is 0 Å².